The monoisotopic (exact) mass is 273 g/mol. The van der Waals surface area contributed by atoms with Crippen LogP contribution < -0.4 is 5.73 Å². The summed E-state index contributed by atoms with van der Waals surface area (Å²) in [5.41, 5.74) is 4.74. The summed E-state index contributed by atoms with van der Waals surface area (Å²) in [7, 11) is 1.66. The van der Waals surface area contributed by atoms with Crippen molar-refractivity contribution in [2.75, 3.05) is 26.8 Å². The molecule has 0 aromatic rings. The van der Waals surface area contributed by atoms with Crippen molar-refractivity contribution in [1.29, 1.82) is 0 Å². The third-order valence-electron chi connectivity index (χ3n) is 3.58. The highest BCUT2D eigenvalue weighted by Crippen LogP contribution is 2.33. The van der Waals surface area contributed by atoms with Crippen LogP contribution in [0.25, 0.3) is 0 Å². The van der Waals surface area contributed by atoms with Crippen LogP contribution in [-0.4, -0.2) is 59.9 Å². The first-order valence-electron chi connectivity index (χ1n) is 6.43. The second-order valence-electron chi connectivity index (χ2n) is 5.04. The Hall–Kier alpha value is -1.34. The van der Waals surface area contributed by atoms with Crippen LogP contribution in [0.2, 0.25) is 0 Å². The lowest BCUT2D eigenvalue weighted by Crippen LogP contribution is -2.53. The fraction of sp³-hybridized carbons (Fsp3) is 0.833. The molecule has 1 saturated heterocycles. The number of carbonyl (C=O) groups excluding carboxylic acids is 1. The van der Waals surface area contributed by atoms with Crippen molar-refractivity contribution in [1.82, 2.24) is 4.90 Å². The molecule has 0 aliphatic carbocycles. The third kappa shape index (κ3) is 3.57. The van der Waals surface area contributed by atoms with Crippen molar-refractivity contribution in [2.24, 2.45) is 16.3 Å². The Labute approximate surface area is 113 Å². The topological polar surface area (TPSA) is 108 Å². The van der Waals surface area contributed by atoms with E-state index in [0.29, 0.717) is 39.0 Å². The van der Waals surface area contributed by atoms with E-state index in [9.17, 15) is 9.90 Å². The average Bonchev–Trinajstić information content (AvgIpc) is 2.43. The van der Waals surface area contributed by atoms with E-state index in [1.807, 2.05) is 0 Å². The summed E-state index contributed by atoms with van der Waals surface area (Å²) in [6.07, 6.45) is 0.830. The molecule has 0 spiro atoms. The first-order valence-corrected chi connectivity index (χ1v) is 6.43. The van der Waals surface area contributed by atoms with Crippen molar-refractivity contribution in [3.63, 3.8) is 0 Å². The van der Waals surface area contributed by atoms with Gasteiger partial charge in [-0.25, -0.2) is 0 Å². The quantitative estimate of drug-likeness (QED) is 0.277. The lowest BCUT2D eigenvalue weighted by atomic mass is 9.77. The Morgan fingerprint density at radius 3 is 2.58 bits per heavy atom. The minimum Gasteiger partial charge on any atom is -0.409 e. The standard InChI is InChI=1S/C12H23N3O4/c1-9(16)3-6-15(2)11(17)12(10(13)14-18)4-7-19-8-5-12/h9,16,18H,3-8H2,1-2H3,(H2,13,14). The minimum absolute atomic E-state index is 0.0651. The van der Waals surface area contributed by atoms with Gasteiger partial charge in [0.05, 0.1) is 6.10 Å². The van der Waals surface area contributed by atoms with Crippen molar-refractivity contribution in [3.05, 3.63) is 0 Å². The highest BCUT2D eigenvalue weighted by Gasteiger charge is 2.45. The maximum absolute atomic E-state index is 12.5. The van der Waals surface area contributed by atoms with Crippen LogP contribution >= 0.6 is 0 Å². The molecule has 0 aromatic heterocycles. The summed E-state index contributed by atoms with van der Waals surface area (Å²) in [6.45, 7) is 2.92. The molecule has 7 nitrogen and oxygen atoms in total. The molecule has 1 fully saturated rings. The molecular weight excluding hydrogens is 250 g/mol. The maximum Gasteiger partial charge on any atom is 0.236 e. The first-order chi connectivity index (χ1) is 8.94. The van der Waals surface area contributed by atoms with E-state index in [1.54, 1.807) is 14.0 Å². The highest BCUT2D eigenvalue weighted by molar-refractivity contribution is 6.06. The Kier molecular flexibility index (Phi) is 5.56. The van der Waals surface area contributed by atoms with Crippen LogP contribution in [0.15, 0.2) is 5.16 Å². The number of ether oxygens (including phenoxy) is 1. The second-order valence-corrected chi connectivity index (χ2v) is 5.04. The molecule has 1 amide bonds. The Morgan fingerprint density at radius 1 is 1.53 bits per heavy atom. The molecule has 0 radical (unpaired) electrons. The molecular formula is C12H23N3O4. The number of rotatable bonds is 5. The van der Waals surface area contributed by atoms with Crippen molar-refractivity contribution < 1.29 is 19.8 Å². The zero-order chi connectivity index (χ0) is 14.5. The fourth-order valence-electron chi connectivity index (χ4n) is 2.24. The van der Waals surface area contributed by atoms with Crippen LogP contribution in [0, 0.1) is 5.41 Å². The largest absolute Gasteiger partial charge is 0.409 e. The molecule has 0 saturated carbocycles. The molecule has 110 valence electrons. The number of amides is 1. The number of amidine groups is 1. The SMILES string of the molecule is CC(O)CCN(C)C(=O)C1(C(N)=NO)CCOCC1. The van der Waals surface area contributed by atoms with E-state index in [2.05, 4.69) is 5.16 Å². The first kappa shape index (κ1) is 15.7. The second kappa shape index (κ2) is 6.72. The molecule has 0 aromatic carbocycles. The molecule has 1 atom stereocenters. The van der Waals surface area contributed by atoms with E-state index in [0.717, 1.165) is 0 Å². The summed E-state index contributed by atoms with van der Waals surface area (Å²) in [5, 5.41) is 21.2. The predicted molar refractivity (Wildman–Crippen MR) is 69.8 cm³/mol. The van der Waals surface area contributed by atoms with Gasteiger partial charge in [-0.05, 0) is 26.2 Å². The summed E-state index contributed by atoms with van der Waals surface area (Å²) in [5.74, 6) is -0.253. The fourth-order valence-corrected chi connectivity index (χ4v) is 2.24. The van der Waals surface area contributed by atoms with Crippen molar-refractivity contribution in [3.8, 4) is 0 Å². The number of hydrogen-bond acceptors (Lipinski definition) is 5. The van der Waals surface area contributed by atoms with Crippen LogP contribution in [0.3, 0.4) is 0 Å². The van der Waals surface area contributed by atoms with Gasteiger partial charge in [0, 0.05) is 26.8 Å². The van der Waals surface area contributed by atoms with Gasteiger partial charge in [0.25, 0.3) is 0 Å². The minimum atomic E-state index is -0.986. The Balaban J connectivity index is 2.83. The zero-order valence-corrected chi connectivity index (χ0v) is 11.5. The van der Waals surface area contributed by atoms with Crippen LogP contribution in [0.4, 0.5) is 0 Å². The number of aliphatic hydroxyl groups is 1. The zero-order valence-electron chi connectivity index (χ0n) is 11.5. The van der Waals surface area contributed by atoms with E-state index < -0.39 is 11.5 Å². The van der Waals surface area contributed by atoms with E-state index in [-0.39, 0.29) is 11.7 Å². The number of oxime groups is 1. The number of nitrogens with zero attached hydrogens (tertiary/aromatic N) is 2. The number of carbonyl (C=O) groups is 1. The molecule has 1 rings (SSSR count). The van der Waals surface area contributed by atoms with Gasteiger partial charge in [0.1, 0.15) is 5.41 Å². The number of aliphatic hydroxyl groups excluding tert-OH is 1. The molecule has 0 bridgehead atoms. The van der Waals surface area contributed by atoms with Gasteiger partial charge in [-0.3, -0.25) is 4.79 Å². The lowest BCUT2D eigenvalue weighted by Gasteiger charge is -2.37. The summed E-state index contributed by atoms with van der Waals surface area (Å²) < 4.78 is 5.24. The smallest absolute Gasteiger partial charge is 0.236 e. The van der Waals surface area contributed by atoms with Gasteiger partial charge >= 0.3 is 0 Å². The highest BCUT2D eigenvalue weighted by atomic mass is 16.5. The van der Waals surface area contributed by atoms with Crippen molar-refractivity contribution in [2.45, 2.75) is 32.3 Å². The van der Waals surface area contributed by atoms with Crippen LogP contribution in [-0.2, 0) is 9.53 Å². The lowest BCUT2D eigenvalue weighted by molar-refractivity contribution is -0.141. The van der Waals surface area contributed by atoms with Gasteiger partial charge < -0.3 is 25.7 Å². The van der Waals surface area contributed by atoms with Gasteiger partial charge in [-0.1, -0.05) is 5.16 Å². The summed E-state index contributed by atoms with van der Waals surface area (Å²) in [4.78, 5) is 14.1. The van der Waals surface area contributed by atoms with E-state index in [4.69, 9.17) is 15.7 Å². The van der Waals surface area contributed by atoms with Gasteiger partial charge in [0.2, 0.25) is 5.91 Å². The van der Waals surface area contributed by atoms with Crippen LogP contribution in [0.5, 0.6) is 0 Å². The average molecular weight is 273 g/mol. The van der Waals surface area contributed by atoms with Crippen molar-refractivity contribution >= 4 is 11.7 Å². The number of nitrogens with two attached hydrogens (primary N) is 1. The van der Waals surface area contributed by atoms with E-state index >= 15 is 0 Å². The normalized spacial score (nSPS) is 20.9. The Bertz CT molecular complexity index is 338. The molecule has 1 heterocycles. The molecule has 1 aliphatic heterocycles. The van der Waals surface area contributed by atoms with Gasteiger partial charge in [-0.15, -0.1) is 0 Å². The van der Waals surface area contributed by atoms with Crippen LogP contribution in [0.1, 0.15) is 26.2 Å². The summed E-state index contributed by atoms with van der Waals surface area (Å²) >= 11 is 0. The van der Waals surface area contributed by atoms with E-state index in [1.165, 1.54) is 4.90 Å². The van der Waals surface area contributed by atoms with Gasteiger partial charge in [0.15, 0.2) is 5.84 Å². The molecule has 1 aliphatic rings. The molecule has 1 unspecified atom stereocenters. The molecule has 7 heteroatoms. The maximum atomic E-state index is 12.5. The summed E-state index contributed by atoms with van der Waals surface area (Å²) in [6, 6.07) is 0. The number of hydrogen-bond donors (Lipinski definition) is 3. The third-order valence-corrected chi connectivity index (χ3v) is 3.58. The molecule has 19 heavy (non-hydrogen) atoms. The molecule has 4 N–H and O–H groups in total. The predicted octanol–water partition coefficient (Wildman–Crippen LogP) is -0.241. The van der Waals surface area contributed by atoms with Gasteiger partial charge in [-0.2, -0.15) is 0 Å². The Morgan fingerprint density at radius 2 is 2.11 bits per heavy atom.